The Kier molecular flexibility index (Phi) is 5.82. The summed E-state index contributed by atoms with van der Waals surface area (Å²) in [4.78, 5) is 18.5. The molecule has 5 heteroatoms. The molecule has 1 atom stereocenters. The maximum Gasteiger partial charge on any atom is 0.185 e. The number of hydrogen-bond acceptors (Lipinski definition) is 4. The zero-order chi connectivity index (χ0) is 15.2. The van der Waals surface area contributed by atoms with Crippen molar-refractivity contribution in [3.05, 3.63) is 29.8 Å². The molecule has 1 aromatic heterocycles. The molecule has 0 spiro atoms. The van der Waals surface area contributed by atoms with E-state index in [0.717, 1.165) is 45.3 Å². The average Bonchev–Trinajstić information content (AvgIpc) is 2.49. The summed E-state index contributed by atoms with van der Waals surface area (Å²) in [6.45, 7) is 5.47. The molecule has 0 amide bonds. The number of nitrogens with zero attached hydrogens (tertiary/aromatic N) is 2. The highest BCUT2D eigenvalue weighted by atomic mass is 19.1. The fourth-order valence-corrected chi connectivity index (χ4v) is 2.82. The van der Waals surface area contributed by atoms with Crippen LogP contribution in [0, 0.1) is 17.7 Å². The Balaban J connectivity index is 1.83. The van der Waals surface area contributed by atoms with Crippen molar-refractivity contribution < 1.29 is 13.9 Å². The molecule has 4 nitrogen and oxygen atoms in total. The van der Waals surface area contributed by atoms with E-state index < -0.39 is 5.82 Å². The van der Waals surface area contributed by atoms with Crippen LogP contribution in [0.3, 0.4) is 0 Å². The second-order valence-electron chi connectivity index (χ2n) is 5.83. The predicted molar refractivity (Wildman–Crippen MR) is 78.7 cm³/mol. The van der Waals surface area contributed by atoms with E-state index in [9.17, 15) is 9.18 Å². The van der Waals surface area contributed by atoms with E-state index in [4.69, 9.17) is 4.74 Å². The molecule has 2 heterocycles. The van der Waals surface area contributed by atoms with Gasteiger partial charge in [0, 0.05) is 26.2 Å². The number of ether oxygens (including phenoxy) is 1. The van der Waals surface area contributed by atoms with Crippen LogP contribution in [0.25, 0.3) is 0 Å². The molecule has 1 saturated heterocycles. The van der Waals surface area contributed by atoms with Crippen LogP contribution in [-0.2, 0) is 4.74 Å². The Hall–Kier alpha value is -1.33. The van der Waals surface area contributed by atoms with Gasteiger partial charge in [0.2, 0.25) is 0 Å². The number of Topliss-reactive ketones (excluding diaryl/α,β-unsaturated/α-hetero) is 1. The number of carbonyl (C=O) groups excluding carboxylic acids is 1. The highest BCUT2D eigenvalue weighted by Crippen LogP contribution is 2.19. The molecule has 2 rings (SSSR count). The third-order valence-corrected chi connectivity index (χ3v) is 4.07. The SMILES string of the molecule is COCC1CCN(CC(C)C(=O)c2ccc(F)cn2)CC1. The third kappa shape index (κ3) is 4.58. The Morgan fingerprint density at radius 3 is 2.76 bits per heavy atom. The first-order valence-corrected chi connectivity index (χ1v) is 7.47. The van der Waals surface area contributed by atoms with Crippen LogP contribution in [0.2, 0.25) is 0 Å². The first-order chi connectivity index (χ1) is 10.1. The van der Waals surface area contributed by atoms with Gasteiger partial charge in [-0.25, -0.2) is 4.39 Å². The summed E-state index contributed by atoms with van der Waals surface area (Å²) in [5.41, 5.74) is 0.346. The van der Waals surface area contributed by atoms with Gasteiger partial charge in [-0.1, -0.05) is 6.92 Å². The first kappa shape index (κ1) is 16.0. The Morgan fingerprint density at radius 1 is 1.48 bits per heavy atom. The average molecular weight is 294 g/mol. The number of ketones is 1. The number of halogens is 1. The molecular weight excluding hydrogens is 271 g/mol. The van der Waals surface area contributed by atoms with Crippen LogP contribution in [0.15, 0.2) is 18.3 Å². The van der Waals surface area contributed by atoms with E-state index >= 15 is 0 Å². The van der Waals surface area contributed by atoms with Gasteiger partial charge in [0.05, 0.1) is 6.20 Å². The fraction of sp³-hybridized carbons (Fsp3) is 0.625. The molecule has 1 aliphatic heterocycles. The standard InChI is InChI=1S/C16H23FN2O2/c1-12(16(20)15-4-3-14(17)9-18-15)10-19-7-5-13(6-8-19)11-21-2/h3-4,9,12-13H,5-8,10-11H2,1-2H3. The number of piperidine rings is 1. The van der Waals surface area contributed by atoms with Crippen LogP contribution in [0.4, 0.5) is 4.39 Å². The Labute approximate surface area is 125 Å². The fourth-order valence-electron chi connectivity index (χ4n) is 2.82. The minimum absolute atomic E-state index is 0.0194. The zero-order valence-corrected chi connectivity index (χ0v) is 12.7. The molecule has 1 aliphatic rings. The number of likely N-dealkylation sites (tertiary alicyclic amines) is 1. The molecule has 1 unspecified atom stereocenters. The van der Waals surface area contributed by atoms with Gasteiger partial charge < -0.3 is 9.64 Å². The van der Waals surface area contributed by atoms with Gasteiger partial charge in [0.25, 0.3) is 0 Å². The number of aromatic nitrogens is 1. The Morgan fingerprint density at radius 2 is 2.19 bits per heavy atom. The summed E-state index contributed by atoms with van der Waals surface area (Å²) in [7, 11) is 1.74. The number of methoxy groups -OCH3 is 1. The van der Waals surface area contributed by atoms with E-state index in [2.05, 4.69) is 9.88 Å². The van der Waals surface area contributed by atoms with Crippen LogP contribution in [0.5, 0.6) is 0 Å². The normalized spacial score (nSPS) is 18.6. The molecule has 0 bridgehead atoms. The molecule has 21 heavy (non-hydrogen) atoms. The summed E-state index contributed by atoms with van der Waals surface area (Å²) < 4.78 is 18.0. The van der Waals surface area contributed by atoms with Crippen LogP contribution in [-0.4, -0.2) is 49.0 Å². The molecule has 0 aliphatic carbocycles. The topological polar surface area (TPSA) is 42.4 Å². The van der Waals surface area contributed by atoms with Crippen molar-refractivity contribution >= 4 is 5.78 Å². The van der Waals surface area contributed by atoms with Crippen LogP contribution >= 0.6 is 0 Å². The monoisotopic (exact) mass is 294 g/mol. The molecule has 0 aromatic carbocycles. The van der Waals surface area contributed by atoms with Gasteiger partial charge >= 0.3 is 0 Å². The van der Waals surface area contributed by atoms with E-state index in [-0.39, 0.29) is 11.7 Å². The van der Waals surface area contributed by atoms with Crippen molar-refractivity contribution in [3.8, 4) is 0 Å². The lowest BCUT2D eigenvalue weighted by Crippen LogP contribution is -2.39. The smallest absolute Gasteiger partial charge is 0.185 e. The molecule has 1 fully saturated rings. The minimum Gasteiger partial charge on any atom is -0.384 e. The van der Waals surface area contributed by atoms with Gasteiger partial charge in [0.1, 0.15) is 11.5 Å². The molecular formula is C16H23FN2O2. The van der Waals surface area contributed by atoms with Crippen molar-refractivity contribution in [1.29, 1.82) is 0 Å². The van der Waals surface area contributed by atoms with Gasteiger partial charge in [0.15, 0.2) is 5.78 Å². The van der Waals surface area contributed by atoms with Crippen LogP contribution < -0.4 is 0 Å². The molecule has 0 saturated carbocycles. The van der Waals surface area contributed by atoms with Crippen molar-refractivity contribution in [1.82, 2.24) is 9.88 Å². The highest BCUT2D eigenvalue weighted by molar-refractivity contribution is 5.95. The summed E-state index contributed by atoms with van der Waals surface area (Å²) in [5, 5.41) is 0. The summed E-state index contributed by atoms with van der Waals surface area (Å²) in [5.74, 6) is 0.0754. The lowest BCUT2D eigenvalue weighted by atomic mass is 9.96. The zero-order valence-electron chi connectivity index (χ0n) is 12.7. The lowest BCUT2D eigenvalue weighted by molar-refractivity contribution is 0.0789. The van der Waals surface area contributed by atoms with Crippen LogP contribution in [0.1, 0.15) is 30.3 Å². The second kappa shape index (κ2) is 7.61. The van der Waals surface area contributed by atoms with E-state index in [1.54, 1.807) is 7.11 Å². The van der Waals surface area contributed by atoms with Crippen molar-refractivity contribution in [2.24, 2.45) is 11.8 Å². The highest BCUT2D eigenvalue weighted by Gasteiger charge is 2.23. The molecule has 0 radical (unpaired) electrons. The van der Waals surface area contributed by atoms with Crippen molar-refractivity contribution in [2.75, 3.05) is 33.4 Å². The summed E-state index contributed by atoms with van der Waals surface area (Å²) in [6.07, 6.45) is 3.32. The minimum atomic E-state index is -0.417. The van der Waals surface area contributed by atoms with Crippen molar-refractivity contribution in [3.63, 3.8) is 0 Å². The number of rotatable bonds is 6. The van der Waals surface area contributed by atoms with Crippen molar-refractivity contribution in [2.45, 2.75) is 19.8 Å². The first-order valence-electron chi connectivity index (χ1n) is 7.47. The lowest BCUT2D eigenvalue weighted by Gasteiger charge is -2.32. The number of hydrogen-bond donors (Lipinski definition) is 0. The second-order valence-corrected chi connectivity index (χ2v) is 5.83. The van der Waals surface area contributed by atoms with Gasteiger partial charge in [-0.3, -0.25) is 9.78 Å². The predicted octanol–water partition coefficient (Wildman–Crippen LogP) is 2.40. The molecule has 1 aromatic rings. The quantitative estimate of drug-likeness (QED) is 0.756. The third-order valence-electron chi connectivity index (χ3n) is 4.07. The maximum absolute atomic E-state index is 12.8. The van der Waals surface area contributed by atoms with Gasteiger partial charge in [-0.05, 0) is 44.0 Å². The van der Waals surface area contributed by atoms with E-state index in [0.29, 0.717) is 11.6 Å². The summed E-state index contributed by atoms with van der Waals surface area (Å²) >= 11 is 0. The number of pyridine rings is 1. The number of carbonyl (C=O) groups is 1. The van der Waals surface area contributed by atoms with E-state index in [1.807, 2.05) is 6.92 Å². The maximum atomic E-state index is 12.8. The van der Waals surface area contributed by atoms with Gasteiger partial charge in [-0.2, -0.15) is 0 Å². The Bertz CT molecular complexity index is 456. The largest absolute Gasteiger partial charge is 0.384 e. The van der Waals surface area contributed by atoms with Gasteiger partial charge in [-0.15, -0.1) is 0 Å². The summed E-state index contributed by atoms with van der Waals surface area (Å²) in [6, 6.07) is 2.74. The molecule has 116 valence electrons. The molecule has 0 N–H and O–H groups in total. The van der Waals surface area contributed by atoms with E-state index in [1.165, 1.54) is 12.1 Å².